The van der Waals surface area contributed by atoms with Crippen LogP contribution in [0.4, 0.5) is 0 Å². The predicted octanol–water partition coefficient (Wildman–Crippen LogP) is 9.21. The molecule has 5 heterocycles. The molecule has 0 saturated heterocycles. The smallest absolute Gasteiger partial charge is 0.255 e. The maximum atomic E-state index is 5.69. The third kappa shape index (κ3) is 3.48. The lowest BCUT2D eigenvalue weighted by atomic mass is 9.37. The van der Waals surface area contributed by atoms with E-state index in [0.717, 1.165) is 29.4 Å². The molecule has 52 heavy (non-hydrogen) atoms. The average Bonchev–Trinajstić information content (AvgIpc) is 3.73. The molecule has 258 valence electrons. The Kier molecular flexibility index (Phi) is 5.37. The molecule has 2 atom stereocenters. The van der Waals surface area contributed by atoms with Gasteiger partial charge in [0.2, 0.25) is 0 Å². The number of aryl methyl sites for hydroxylation is 2. The summed E-state index contributed by atoms with van der Waals surface area (Å²) in [4.78, 5) is 11.3. The highest BCUT2D eigenvalue weighted by Gasteiger charge is 2.51. The molecule has 9 aliphatic rings. The molecule has 0 radical (unpaired) electrons. The van der Waals surface area contributed by atoms with Gasteiger partial charge in [-0.05, 0) is 181 Å². The Hall–Kier alpha value is -4.12. The van der Waals surface area contributed by atoms with Crippen LogP contribution in [0.15, 0.2) is 48.5 Å². The van der Waals surface area contributed by atoms with E-state index in [1.54, 1.807) is 27.8 Å². The highest BCUT2D eigenvalue weighted by molar-refractivity contribution is 7.01. The van der Waals surface area contributed by atoms with E-state index in [4.69, 9.17) is 9.97 Å². The van der Waals surface area contributed by atoms with Crippen molar-refractivity contribution >= 4 is 39.8 Å². The highest BCUT2D eigenvalue weighted by Crippen LogP contribution is 2.58. The summed E-state index contributed by atoms with van der Waals surface area (Å²) in [5.41, 5.74) is 23.1. The van der Waals surface area contributed by atoms with Crippen molar-refractivity contribution in [1.29, 1.82) is 0 Å². The van der Waals surface area contributed by atoms with E-state index in [0.29, 0.717) is 17.8 Å². The lowest BCUT2D eigenvalue weighted by Gasteiger charge is -2.38. The fourth-order valence-corrected chi connectivity index (χ4v) is 13.5. The molecule has 0 spiro atoms. The predicted molar refractivity (Wildman–Crippen MR) is 213 cm³/mol. The van der Waals surface area contributed by atoms with Crippen LogP contribution in [0.2, 0.25) is 0 Å². The van der Waals surface area contributed by atoms with Gasteiger partial charge < -0.3 is 0 Å². The number of imidazole rings is 1. The third-order valence-corrected chi connectivity index (χ3v) is 15.4. The molecule has 6 aromatic rings. The Bertz CT molecular complexity index is 2590. The number of nitrogens with zero attached hydrogens (tertiary/aromatic N) is 4. The minimum Gasteiger partial charge on any atom is -0.298 e. The van der Waals surface area contributed by atoms with Crippen LogP contribution < -0.4 is 16.4 Å². The van der Waals surface area contributed by atoms with Crippen molar-refractivity contribution in [2.24, 2.45) is 11.8 Å². The lowest BCUT2D eigenvalue weighted by molar-refractivity contribution is 0.166. The van der Waals surface area contributed by atoms with Gasteiger partial charge >= 0.3 is 0 Å². The fourth-order valence-electron chi connectivity index (χ4n) is 13.5. The molecule has 4 nitrogen and oxygen atoms in total. The van der Waals surface area contributed by atoms with Gasteiger partial charge in [-0.25, -0.2) is 9.97 Å². The van der Waals surface area contributed by atoms with Gasteiger partial charge in [-0.3, -0.25) is 8.97 Å². The van der Waals surface area contributed by atoms with Gasteiger partial charge in [0.15, 0.2) is 0 Å². The summed E-state index contributed by atoms with van der Waals surface area (Å²) < 4.78 is 5.51. The normalized spacial score (nSPS) is 27.0. The monoisotopic (exact) mass is 678 g/mol. The second kappa shape index (κ2) is 9.51. The Labute approximate surface area is 307 Å². The van der Waals surface area contributed by atoms with Gasteiger partial charge in [0, 0.05) is 11.1 Å². The molecule has 2 aliphatic heterocycles. The summed E-state index contributed by atoms with van der Waals surface area (Å²) in [7, 11) is 0. The van der Waals surface area contributed by atoms with Gasteiger partial charge in [-0.2, -0.15) is 0 Å². The maximum absolute atomic E-state index is 5.69. The molecule has 6 bridgehead atoms. The van der Waals surface area contributed by atoms with Crippen LogP contribution in [0.3, 0.4) is 0 Å². The molecule has 3 fully saturated rings. The Morgan fingerprint density at radius 1 is 0.712 bits per heavy atom. The zero-order valence-corrected chi connectivity index (χ0v) is 31.3. The Morgan fingerprint density at radius 2 is 1.38 bits per heavy atom. The van der Waals surface area contributed by atoms with Gasteiger partial charge in [0.25, 0.3) is 6.71 Å². The summed E-state index contributed by atoms with van der Waals surface area (Å²) in [6, 6.07) is 19.5. The third-order valence-electron chi connectivity index (χ3n) is 15.4. The van der Waals surface area contributed by atoms with Crippen molar-refractivity contribution in [2.75, 3.05) is 0 Å². The quantitative estimate of drug-likeness (QED) is 0.162. The van der Waals surface area contributed by atoms with Crippen molar-refractivity contribution in [3.8, 4) is 28.2 Å². The highest BCUT2D eigenvalue weighted by atomic mass is 15.2. The van der Waals surface area contributed by atoms with Crippen molar-refractivity contribution < 1.29 is 0 Å². The number of rotatable bonds is 1. The van der Waals surface area contributed by atoms with E-state index in [2.05, 4.69) is 92.1 Å². The molecule has 7 aliphatic carbocycles. The number of aromatic nitrogens is 4. The first-order chi connectivity index (χ1) is 25.2. The number of hydrogen-bond acceptors (Lipinski definition) is 2. The molecule has 0 amide bonds. The number of benzene rings is 3. The minimum absolute atomic E-state index is 0.178. The summed E-state index contributed by atoms with van der Waals surface area (Å²) in [5, 5.41) is 0. The minimum atomic E-state index is -0.178. The van der Waals surface area contributed by atoms with Crippen molar-refractivity contribution in [3.05, 3.63) is 87.9 Å². The topological polar surface area (TPSA) is 35.1 Å². The largest absolute Gasteiger partial charge is 0.298 e. The first kappa shape index (κ1) is 29.4. The van der Waals surface area contributed by atoms with Gasteiger partial charge in [0.05, 0.1) is 16.7 Å². The van der Waals surface area contributed by atoms with E-state index >= 15 is 0 Å². The molecule has 3 aromatic carbocycles. The van der Waals surface area contributed by atoms with E-state index in [1.807, 2.05) is 0 Å². The SMILES string of the molecule is Cc1cccc(C)c1-c1ccc2c(c1)-c1nc(C(C)(C)C)nc3c1B2c1c2c(n4c5cc6c(cc5n-3c14)C1CC3CC(C1)CC6C3)C1CCC2CC1. The standard InChI is InChI=1S/C47H47BN4/c1-23-7-6-8-24(2)38(23)29-13-14-35-34(20-29)42-41-44(50-46(49-42)47(3,4)5)52-37-22-33-31-18-25-15-26(19-31)17-30(16-25)32(33)21-36(37)51-43-28-11-9-27(10-12-28)39(43)40(45(51)52)48(35)41/h6-8,13-14,20-22,25-28,30-31H,9-12,15-19H2,1-5H3. The maximum Gasteiger partial charge on any atom is 0.255 e. The van der Waals surface area contributed by atoms with Crippen LogP contribution in [0.25, 0.3) is 44.9 Å². The van der Waals surface area contributed by atoms with Crippen LogP contribution in [0.5, 0.6) is 0 Å². The summed E-state index contributed by atoms with van der Waals surface area (Å²) in [5.74, 6) is 6.70. The van der Waals surface area contributed by atoms with Gasteiger partial charge in [0.1, 0.15) is 17.3 Å². The molecule has 3 aromatic heterocycles. The van der Waals surface area contributed by atoms with Crippen LogP contribution >= 0.6 is 0 Å². The van der Waals surface area contributed by atoms with E-state index in [1.165, 1.54) is 119 Å². The summed E-state index contributed by atoms with van der Waals surface area (Å²) >= 11 is 0. The van der Waals surface area contributed by atoms with E-state index < -0.39 is 0 Å². The van der Waals surface area contributed by atoms with Crippen LogP contribution in [0.1, 0.15) is 142 Å². The van der Waals surface area contributed by atoms with Crippen LogP contribution in [-0.4, -0.2) is 25.6 Å². The zero-order chi connectivity index (χ0) is 34.5. The Morgan fingerprint density at radius 3 is 2.08 bits per heavy atom. The molecular formula is C47H47BN4. The summed E-state index contributed by atoms with van der Waals surface area (Å²) in [6.07, 6.45) is 12.4. The molecule has 15 rings (SSSR count). The first-order valence-corrected chi connectivity index (χ1v) is 20.6. The van der Waals surface area contributed by atoms with E-state index in [-0.39, 0.29) is 12.1 Å². The molecular weight excluding hydrogens is 631 g/mol. The number of hydrogen-bond donors (Lipinski definition) is 0. The van der Waals surface area contributed by atoms with Crippen molar-refractivity contribution in [1.82, 2.24) is 18.9 Å². The van der Waals surface area contributed by atoms with E-state index in [9.17, 15) is 0 Å². The molecule has 5 heteroatoms. The average molecular weight is 679 g/mol. The lowest BCUT2D eigenvalue weighted by Crippen LogP contribution is -2.55. The molecule has 0 N–H and O–H groups in total. The van der Waals surface area contributed by atoms with Crippen molar-refractivity contribution in [3.63, 3.8) is 0 Å². The second-order valence-corrected chi connectivity index (χ2v) is 19.4. The zero-order valence-electron chi connectivity index (χ0n) is 31.3. The van der Waals surface area contributed by atoms with Gasteiger partial charge in [-0.15, -0.1) is 0 Å². The van der Waals surface area contributed by atoms with Crippen molar-refractivity contribution in [2.45, 2.75) is 121 Å². The second-order valence-electron chi connectivity index (χ2n) is 19.4. The van der Waals surface area contributed by atoms with Crippen LogP contribution in [0, 0.1) is 25.7 Å². The van der Waals surface area contributed by atoms with Gasteiger partial charge in [-0.1, -0.05) is 56.6 Å². The number of fused-ring (bicyclic) bond motifs is 10. The van der Waals surface area contributed by atoms with Crippen LogP contribution in [-0.2, 0) is 5.41 Å². The Balaban J connectivity index is 1.17. The molecule has 3 saturated carbocycles. The fraction of sp³-hybridized carbons (Fsp3) is 0.447. The molecule has 2 unspecified atom stereocenters. The summed E-state index contributed by atoms with van der Waals surface area (Å²) in [6.45, 7) is 11.6. The first-order valence-electron chi connectivity index (χ1n) is 20.6.